The van der Waals surface area contributed by atoms with Crippen LogP contribution in [0.3, 0.4) is 0 Å². The molecule has 2 amide bonds. The van der Waals surface area contributed by atoms with Crippen molar-refractivity contribution in [3.05, 3.63) is 65.2 Å². The Morgan fingerprint density at radius 3 is 2.37 bits per heavy atom. The number of nitrogens with zero attached hydrogens (tertiary/aromatic N) is 1. The number of hydrogen-bond acceptors (Lipinski definition) is 3. The minimum atomic E-state index is -0.705. The molecule has 0 saturated heterocycles. The van der Waals surface area contributed by atoms with Crippen molar-refractivity contribution >= 4 is 11.8 Å². The molecule has 0 aromatic heterocycles. The van der Waals surface area contributed by atoms with Gasteiger partial charge < -0.3 is 15.0 Å². The van der Waals surface area contributed by atoms with E-state index in [2.05, 4.69) is 5.32 Å². The average Bonchev–Trinajstić information content (AvgIpc) is 2.63. The maximum absolute atomic E-state index is 13.8. The summed E-state index contributed by atoms with van der Waals surface area (Å²) in [6.45, 7) is 1.37. The van der Waals surface area contributed by atoms with Crippen LogP contribution in [0.5, 0.6) is 5.75 Å². The summed E-state index contributed by atoms with van der Waals surface area (Å²) in [6.07, 6.45) is 0.00518. The summed E-state index contributed by atoms with van der Waals surface area (Å²) in [5.74, 6) is -1.27. The van der Waals surface area contributed by atoms with Gasteiger partial charge in [-0.3, -0.25) is 9.59 Å². The van der Waals surface area contributed by atoms with Gasteiger partial charge in [-0.05, 0) is 23.8 Å². The lowest BCUT2D eigenvalue weighted by Gasteiger charge is -2.23. The van der Waals surface area contributed by atoms with Crippen LogP contribution in [-0.4, -0.2) is 30.9 Å². The highest BCUT2D eigenvalue weighted by Crippen LogP contribution is 2.22. The molecule has 27 heavy (non-hydrogen) atoms. The Morgan fingerprint density at radius 1 is 1.15 bits per heavy atom. The van der Waals surface area contributed by atoms with Gasteiger partial charge in [0.25, 0.3) is 0 Å². The molecular weight excluding hydrogens is 354 g/mol. The first-order chi connectivity index (χ1) is 12.8. The number of nitrogens with one attached hydrogen (secondary N) is 1. The molecule has 2 aromatic carbocycles. The minimum Gasteiger partial charge on any atom is -0.497 e. The first-order valence-corrected chi connectivity index (χ1v) is 8.39. The van der Waals surface area contributed by atoms with Crippen molar-refractivity contribution in [1.29, 1.82) is 0 Å². The van der Waals surface area contributed by atoms with E-state index in [9.17, 15) is 18.4 Å². The van der Waals surface area contributed by atoms with Crippen molar-refractivity contribution in [2.45, 2.75) is 25.9 Å². The van der Waals surface area contributed by atoms with Gasteiger partial charge in [-0.1, -0.05) is 18.2 Å². The zero-order valence-electron chi connectivity index (χ0n) is 15.5. The molecule has 0 saturated carbocycles. The van der Waals surface area contributed by atoms with Crippen molar-refractivity contribution in [3.63, 3.8) is 0 Å². The molecule has 0 bridgehead atoms. The van der Waals surface area contributed by atoms with Crippen molar-refractivity contribution in [2.24, 2.45) is 0 Å². The van der Waals surface area contributed by atoms with E-state index in [1.54, 1.807) is 31.4 Å². The molecular formula is C20H22F2N2O3. The number of carbonyl (C=O) groups is 2. The van der Waals surface area contributed by atoms with Crippen LogP contribution >= 0.6 is 0 Å². The number of rotatable bonds is 7. The van der Waals surface area contributed by atoms with E-state index < -0.39 is 17.7 Å². The van der Waals surface area contributed by atoms with Crippen molar-refractivity contribution < 1.29 is 23.1 Å². The largest absolute Gasteiger partial charge is 0.497 e. The number of hydrogen-bond donors (Lipinski definition) is 1. The van der Waals surface area contributed by atoms with E-state index in [-0.39, 0.29) is 30.3 Å². The van der Waals surface area contributed by atoms with Gasteiger partial charge in [0.1, 0.15) is 17.4 Å². The van der Waals surface area contributed by atoms with Crippen molar-refractivity contribution in [2.75, 3.05) is 14.2 Å². The van der Waals surface area contributed by atoms with E-state index >= 15 is 0 Å². The van der Waals surface area contributed by atoms with Crippen LogP contribution in [0.15, 0.2) is 42.5 Å². The SMILES string of the molecule is COc1ccc(C(CC(=O)N(C)Cc2ccc(F)cc2F)NC(C)=O)cc1. The number of benzene rings is 2. The lowest BCUT2D eigenvalue weighted by Crippen LogP contribution is -2.33. The number of ether oxygens (including phenoxy) is 1. The zero-order valence-corrected chi connectivity index (χ0v) is 15.5. The van der Waals surface area contributed by atoms with Gasteiger partial charge in [0.15, 0.2) is 0 Å². The normalized spacial score (nSPS) is 11.6. The summed E-state index contributed by atoms with van der Waals surface area (Å²) in [4.78, 5) is 25.4. The summed E-state index contributed by atoms with van der Waals surface area (Å²) in [7, 11) is 3.08. The van der Waals surface area contributed by atoms with Gasteiger partial charge in [0.05, 0.1) is 19.6 Å². The molecule has 0 spiro atoms. The van der Waals surface area contributed by atoms with Crippen LogP contribution in [-0.2, 0) is 16.1 Å². The van der Waals surface area contributed by atoms with Gasteiger partial charge in [-0.2, -0.15) is 0 Å². The van der Waals surface area contributed by atoms with Crippen molar-refractivity contribution in [3.8, 4) is 5.75 Å². The van der Waals surface area contributed by atoms with E-state index in [1.807, 2.05) is 0 Å². The Labute approximate surface area is 156 Å². The van der Waals surface area contributed by atoms with E-state index in [0.29, 0.717) is 5.75 Å². The summed E-state index contributed by atoms with van der Waals surface area (Å²) in [5, 5.41) is 2.75. The Bertz CT molecular complexity index is 809. The fourth-order valence-electron chi connectivity index (χ4n) is 2.66. The second kappa shape index (κ2) is 9.12. The van der Waals surface area contributed by atoms with Crippen LogP contribution in [0.25, 0.3) is 0 Å². The molecule has 5 nitrogen and oxygen atoms in total. The molecule has 1 unspecified atom stereocenters. The molecule has 7 heteroatoms. The molecule has 0 aliphatic carbocycles. The Balaban J connectivity index is 2.10. The molecule has 1 atom stereocenters. The number of halogens is 2. The average molecular weight is 376 g/mol. The predicted octanol–water partition coefficient (Wildman–Crippen LogP) is 3.20. The second-order valence-electron chi connectivity index (χ2n) is 6.22. The predicted molar refractivity (Wildman–Crippen MR) is 97.0 cm³/mol. The quantitative estimate of drug-likeness (QED) is 0.807. The lowest BCUT2D eigenvalue weighted by molar-refractivity contribution is -0.131. The molecule has 0 heterocycles. The first kappa shape index (κ1) is 20.4. The fourth-order valence-corrected chi connectivity index (χ4v) is 2.66. The highest BCUT2D eigenvalue weighted by Gasteiger charge is 2.20. The highest BCUT2D eigenvalue weighted by molar-refractivity contribution is 5.79. The van der Waals surface area contributed by atoms with Gasteiger partial charge >= 0.3 is 0 Å². The summed E-state index contributed by atoms with van der Waals surface area (Å²) < 4.78 is 31.9. The van der Waals surface area contributed by atoms with Gasteiger partial charge in [-0.25, -0.2) is 8.78 Å². The monoisotopic (exact) mass is 376 g/mol. The number of methoxy groups -OCH3 is 1. The minimum absolute atomic E-state index is 0.000348. The maximum Gasteiger partial charge on any atom is 0.225 e. The molecule has 2 rings (SSSR count). The highest BCUT2D eigenvalue weighted by atomic mass is 19.1. The first-order valence-electron chi connectivity index (χ1n) is 8.39. The molecule has 1 N–H and O–H groups in total. The van der Waals surface area contributed by atoms with Crippen LogP contribution in [0, 0.1) is 11.6 Å². The lowest BCUT2D eigenvalue weighted by atomic mass is 10.0. The molecule has 0 aliphatic heterocycles. The summed E-state index contributed by atoms with van der Waals surface area (Å²) in [5.41, 5.74) is 0.966. The third-order valence-corrected chi connectivity index (χ3v) is 4.12. The van der Waals surface area contributed by atoms with Crippen LogP contribution < -0.4 is 10.1 Å². The summed E-state index contributed by atoms with van der Waals surface area (Å²) >= 11 is 0. The standard InChI is InChI=1S/C20H22F2N2O3/c1-13(25)23-19(14-5-8-17(27-3)9-6-14)11-20(26)24(2)12-15-4-7-16(21)10-18(15)22/h4-10,19H,11-12H2,1-3H3,(H,23,25). The topological polar surface area (TPSA) is 58.6 Å². The number of carbonyl (C=O) groups excluding carboxylic acids is 2. The van der Waals surface area contributed by atoms with Gasteiger partial charge in [0, 0.05) is 32.1 Å². The van der Waals surface area contributed by atoms with Crippen LogP contribution in [0.2, 0.25) is 0 Å². The molecule has 0 radical (unpaired) electrons. The van der Waals surface area contributed by atoms with E-state index in [4.69, 9.17) is 4.74 Å². The third kappa shape index (κ3) is 5.77. The Kier molecular flexibility index (Phi) is 6.87. The smallest absolute Gasteiger partial charge is 0.225 e. The molecule has 2 aromatic rings. The fraction of sp³-hybridized carbons (Fsp3) is 0.300. The van der Waals surface area contributed by atoms with Crippen LogP contribution in [0.4, 0.5) is 8.78 Å². The number of amides is 2. The maximum atomic E-state index is 13.8. The Hall–Kier alpha value is -2.96. The molecule has 0 fully saturated rings. The molecule has 0 aliphatic rings. The van der Waals surface area contributed by atoms with Gasteiger partial charge in [0.2, 0.25) is 11.8 Å². The zero-order chi connectivity index (χ0) is 20.0. The van der Waals surface area contributed by atoms with Gasteiger partial charge in [-0.15, -0.1) is 0 Å². The van der Waals surface area contributed by atoms with Crippen LogP contribution in [0.1, 0.15) is 30.5 Å². The van der Waals surface area contributed by atoms with Crippen molar-refractivity contribution in [1.82, 2.24) is 10.2 Å². The van der Waals surface area contributed by atoms with E-state index in [1.165, 1.54) is 24.9 Å². The van der Waals surface area contributed by atoms with E-state index in [0.717, 1.165) is 17.7 Å². The summed E-state index contributed by atoms with van der Waals surface area (Å²) in [6, 6.07) is 9.74. The molecule has 144 valence electrons. The Morgan fingerprint density at radius 2 is 1.81 bits per heavy atom. The second-order valence-corrected chi connectivity index (χ2v) is 6.22. The third-order valence-electron chi connectivity index (χ3n) is 4.12.